The highest BCUT2D eigenvalue weighted by molar-refractivity contribution is 5.71. The Balaban J connectivity index is 1.95. The number of halogens is 3. The largest absolute Gasteiger partial charge is 0.573 e. The second-order valence-electron chi connectivity index (χ2n) is 5.16. The minimum Gasteiger partial charge on any atom is -0.406 e. The number of aromatic nitrogens is 2. The number of hydrogen-bond acceptors (Lipinski definition) is 3. The van der Waals surface area contributed by atoms with Gasteiger partial charge in [-0.05, 0) is 37.5 Å². The number of hydrogen-bond donors (Lipinski definition) is 0. The average molecular weight is 307 g/mol. The molecule has 1 aromatic carbocycles. The molecule has 0 aliphatic heterocycles. The Labute approximate surface area is 124 Å². The van der Waals surface area contributed by atoms with Crippen LogP contribution in [0.4, 0.5) is 13.2 Å². The first kappa shape index (κ1) is 14.4. The molecule has 7 heteroatoms. The maximum atomic E-state index is 12.3. The van der Waals surface area contributed by atoms with Crippen LogP contribution in [0, 0.1) is 11.3 Å². The van der Waals surface area contributed by atoms with Gasteiger partial charge < -0.3 is 4.74 Å². The molecule has 0 unspecified atom stereocenters. The predicted molar refractivity (Wildman–Crippen MR) is 71.9 cm³/mol. The summed E-state index contributed by atoms with van der Waals surface area (Å²) in [6.45, 7) is 0. The summed E-state index contributed by atoms with van der Waals surface area (Å²) in [5.41, 5.74) is 1.27. The molecular weight excluding hydrogens is 295 g/mol. The van der Waals surface area contributed by atoms with Crippen LogP contribution in [0.2, 0.25) is 0 Å². The van der Waals surface area contributed by atoms with Crippen molar-refractivity contribution in [1.29, 1.82) is 5.26 Å². The molecule has 22 heavy (non-hydrogen) atoms. The molecule has 1 saturated carbocycles. The van der Waals surface area contributed by atoms with Crippen molar-refractivity contribution in [3.63, 3.8) is 0 Å². The van der Waals surface area contributed by atoms with Crippen molar-refractivity contribution < 1.29 is 17.9 Å². The second-order valence-corrected chi connectivity index (χ2v) is 5.16. The van der Waals surface area contributed by atoms with Crippen LogP contribution in [0.25, 0.3) is 11.1 Å². The van der Waals surface area contributed by atoms with Crippen molar-refractivity contribution in [3.05, 3.63) is 36.2 Å². The SMILES string of the molecule is N#Cc1ccc(OC(F)(F)F)cc1-c1cnn(C2CCC2)c1. The predicted octanol–water partition coefficient (Wildman–Crippen LogP) is 4.05. The van der Waals surface area contributed by atoms with Crippen LogP contribution in [-0.2, 0) is 0 Å². The van der Waals surface area contributed by atoms with Crippen LogP contribution in [-0.4, -0.2) is 16.1 Å². The minimum absolute atomic E-state index is 0.280. The maximum Gasteiger partial charge on any atom is 0.573 e. The van der Waals surface area contributed by atoms with Gasteiger partial charge in [-0.3, -0.25) is 4.68 Å². The number of nitriles is 1. The molecule has 4 nitrogen and oxygen atoms in total. The lowest BCUT2D eigenvalue weighted by Crippen LogP contribution is -2.17. The Kier molecular flexibility index (Phi) is 3.53. The Morgan fingerprint density at radius 1 is 1.32 bits per heavy atom. The molecule has 0 spiro atoms. The van der Waals surface area contributed by atoms with Crippen molar-refractivity contribution in [2.45, 2.75) is 31.7 Å². The molecule has 0 atom stereocenters. The number of nitrogens with zero attached hydrogens (tertiary/aromatic N) is 3. The van der Waals surface area contributed by atoms with Gasteiger partial charge in [-0.2, -0.15) is 10.4 Å². The third kappa shape index (κ3) is 2.91. The molecule has 114 valence electrons. The Hall–Kier alpha value is -2.49. The summed E-state index contributed by atoms with van der Waals surface area (Å²) in [4.78, 5) is 0. The Bertz CT molecular complexity index is 726. The molecule has 1 aromatic heterocycles. The van der Waals surface area contributed by atoms with Gasteiger partial charge in [0.25, 0.3) is 0 Å². The van der Waals surface area contributed by atoms with Crippen LogP contribution in [0.3, 0.4) is 0 Å². The van der Waals surface area contributed by atoms with Crippen molar-refractivity contribution in [2.75, 3.05) is 0 Å². The molecule has 2 aromatic rings. The van der Waals surface area contributed by atoms with Gasteiger partial charge in [0.1, 0.15) is 5.75 Å². The third-order valence-corrected chi connectivity index (χ3v) is 3.71. The van der Waals surface area contributed by atoms with E-state index in [9.17, 15) is 13.2 Å². The van der Waals surface area contributed by atoms with E-state index in [4.69, 9.17) is 5.26 Å². The zero-order valence-electron chi connectivity index (χ0n) is 11.5. The summed E-state index contributed by atoms with van der Waals surface area (Å²) in [6.07, 6.45) is 1.80. The van der Waals surface area contributed by atoms with E-state index in [1.165, 1.54) is 12.1 Å². The van der Waals surface area contributed by atoms with Gasteiger partial charge in [0, 0.05) is 17.3 Å². The van der Waals surface area contributed by atoms with Crippen molar-refractivity contribution in [3.8, 4) is 22.9 Å². The monoisotopic (exact) mass is 307 g/mol. The summed E-state index contributed by atoms with van der Waals surface area (Å²) in [5, 5.41) is 13.4. The summed E-state index contributed by atoms with van der Waals surface area (Å²) in [6, 6.07) is 5.98. The van der Waals surface area contributed by atoms with Gasteiger partial charge in [-0.15, -0.1) is 13.2 Å². The van der Waals surface area contributed by atoms with Gasteiger partial charge >= 0.3 is 6.36 Å². The van der Waals surface area contributed by atoms with Crippen LogP contribution >= 0.6 is 0 Å². The van der Waals surface area contributed by atoms with Crippen LogP contribution in [0.5, 0.6) is 5.75 Å². The molecule has 1 aliphatic rings. The molecule has 1 heterocycles. The van der Waals surface area contributed by atoms with Crippen molar-refractivity contribution >= 4 is 0 Å². The summed E-state index contributed by atoms with van der Waals surface area (Å²) >= 11 is 0. The smallest absolute Gasteiger partial charge is 0.406 e. The first-order chi connectivity index (χ1) is 10.5. The third-order valence-electron chi connectivity index (χ3n) is 3.71. The van der Waals surface area contributed by atoms with Crippen LogP contribution in [0.15, 0.2) is 30.6 Å². The maximum absolute atomic E-state index is 12.3. The molecule has 1 aliphatic carbocycles. The molecule has 0 saturated heterocycles. The highest BCUT2D eigenvalue weighted by Crippen LogP contribution is 2.34. The van der Waals surface area contributed by atoms with E-state index in [1.807, 2.05) is 6.07 Å². The molecule has 0 bridgehead atoms. The quantitative estimate of drug-likeness (QED) is 0.859. The normalized spacial score (nSPS) is 15.2. The fourth-order valence-corrected chi connectivity index (χ4v) is 2.38. The summed E-state index contributed by atoms with van der Waals surface area (Å²) < 4.78 is 42.7. The summed E-state index contributed by atoms with van der Waals surface area (Å²) in [5.74, 6) is -0.349. The molecule has 0 amide bonds. The zero-order chi connectivity index (χ0) is 15.7. The van der Waals surface area contributed by atoms with Gasteiger partial charge in [0.05, 0.1) is 23.9 Å². The molecule has 0 N–H and O–H groups in total. The lowest BCUT2D eigenvalue weighted by Gasteiger charge is -2.25. The summed E-state index contributed by atoms with van der Waals surface area (Å²) in [7, 11) is 0. The highest BCUT2D eigenvalue weighted by Gasteiger charge is 2.31. The van der Waals surface area contributed by atoms with E-state index < -0.39 is 6.36 Å². The highest BCUT2D eigenvalue weighted by atomic mass is 19.4. The standard InChI is InChI=1S/C15H12F3N3O/c16-15(17,18)22-13-5-4-10(7-19)14(6-13)11-8-20-21(9-11)12-2-1-3-12/h4-6,8-9,12H,1-3H2. The minimum atomic E-state index is -4.76. The number of benzene rings is 1. The van der Waals surface area contributed by atoms with Crippen LogP contribution < -0.4 is 4.74 Å². The Morgan fingerprint density at radius 3 is 2.68 bits per heavy atom. The van der Waals surface area contributed by atoms with E-state index in [0.717, 1.165) is 25.3 Å². The number of alkyl halides is 3. The van der Waals surface area contributed by atoms with E-state index in [0.29, 0.717) is 17.2 Å². The van der Waals surface area contributed by atoms with Gasteiger partial charge in [-0.25, -0.2) is 0 Å². The van der Waals surface area contributed by atoms with E-state index >= 15 is 0 Å². The Morgan fingerprint density at radius 2 is 2.09 bits per heavy atom. The molecule has 0 radical (unpaired) electrons. The first-order valence-electron chi connectivity index (χ1n) is 6.81. The second kappa shape index (κ2) is 5.37. The van der Waals surface area contributed by atoms with Gasteiger partial charge in [0.2, 0.25) is 0 Å². The molecule has 1 fully saturated rings. The van der Waals surface area contributed by atoms with Crippen LogP contribution in [0.1, 0.15) is 30.9 Å². The van der Waals surface area contributed by atoms with Gasteiger partial charge in [0.15, 0.2) is 0 Å². The van der Waals surface area contributed by atoms with Crippen molar-refractivity contribution in [2.24, 2.45) is 0 Å². The van der Waals surface area contributed by atoms with E-state index in [1.54, 1.807) is 17.1 Å². The number of ether oxygens (including phenoxy) is 1. The van der Waals surface area contributed by atoms with Gasteiger partial charge in [-0.1, -0.05) is 0 Å². The average Bonchev–Trinajstić information content (AvgIpc) is 2.84. The lowest BCUT2D eigenvalue weighted by atomic mass is 9.93. The number of rotatable bonds is 3. The molecular formula is C15H12F3N3O. The first-order valence-corrected chi connectivity index (χ1v) is 6.81. The molecule has 3 rings (SSSR count). The van der Waals surface area contributed by atoms with E-state index in [-0.39, 0.29) is 11.3 Å². The zero-order valence-corrected chi connectivity index (χ0v) is 11.5. The fourth-order valence-electron chi connectivity index (χ4n) is 2.38. The lowest BCUT2D eigenvalue weighted by molar-refractivity contribution is -0.274. The van der Waals surface area contributed by atoms with E-state index in [2.05, 4.69) is 9.84 Å². The topological polar surface area (TPSA) is 50.8 Å². The van der Waals surface area contributed by atoms with Crippen molar-refractivity contribution in [1.82, 2.24) is 9.78 Å². The fraction of sp³-hybridized carbons (Fsp3) is 0.333.